The van der Waals surface area contributed by atoms with Crippen LogP contribution in [0.15, 0.2) is 97.2 Å². The molecule has 1 heterocycles. The Bertz CT molecular complexity index is 965. The molecule has 0 aliphatic carbocycles. The molecule has 0 aliphatic heterocycles. The van der Waals surface area contributed by atoms with E-state index in [2.05, 4.69) is 48.5 Å². The van der Waals surface area contributed by atoms with Gasteiger partial charge in [0.25, 0.3) is 0 Å². The summed E-state index contributed by atoms with van der Waals surface area (Å²) in [5.41, 5.74) is 6.45. The SMILES string of the molecule is c1ccc(CCc2ncc(-c3ccccc3)nc2-c2ccccc2)cc1. The van der Waals surface area contributed by atoms with Crippen LogP contribution in [0.2, 0.25) is 0 Å². The molecule has 26 heavy (non-hydrogen) atoms. The van der Waals surface area contributed by atoms with Crippen LogP contribution in [0.25, 0.3) is 22.5 Å². The maximum Gasteiger partial charge on any atom is 0.0924 e. The molecule has 0 bridgehead atoms. The summed E-state index contributed by atoms with van der Waals surface area (Å²) in [6.07, 6.45) is 3.72. The fraction of sp³-hybridized carbons (Fsp3) is 0.0833. The summed E-state index contributed by atoms with van der Waals surface area (Å²) in [5, 5.41) is 0. The zero-order valence-electron chi connectivity index (χ0n) is 14.5. The average Bonchev–Trinajstić information content (AvgIpc) is 2.74. The van der Waals surface area contributed by atoms with Crippen LogP contribution in [0.3, 0.4) is 0 Å². The molecule has 0 saturated carbocycles. The van der Waals surface area contributed by atoms with E-state index in [1.807, 2.05) is 48.7 Å². The maximum absolute atomic E-state index is 4.96. The van der Waals surface area contributed by atoms with Gasteiger partial charge in [0.1, 0.15) is 0 Å². The molecular formula is C24H20N2. The number of hydrogen-bond acceptors (Lipinski definition) is 2. The molecule has 1 aromatic heterocycles. The Morgan fingerprint density at radius 3 is 1.81 bits per heavy atom. The van der Waals surface area contributed by atoms with E-state index in [9.17, 15) is 0 Å². The zero-order valence-corrected chi connectivity index (χ0v) is 14.5. The van der Waals surface area contributed by atoms with Crippen molar-refractivity contribution in [2.75, 3.05) is 0 Å². The fourth-order valence-electron chi connectivity index (χ4n) is 3.08. The van der Waals surface area contributed by atoms with Gasteiger partial charge in [0.05, 0.1) is 23.3 Å². The highest BCUT2D eigenvalue weighted by Gasteiger charge is 2.11. The van der Waals surface area contributed by atoms with Crippen LogP contribution in [-0.4, -0.2) is 9.97 Å². The van der Waals surface area contributed by atoms with Crippen molar-refractivity contribution in [2.24, 2.45) is 0 Å². The molecule has 4 aromatic rings. The summed E-state index contributed by atoms with van der Waals surface area (Å²) in [6, 6.07) is 31.1. The first-order valence-electron chi connectivity index (χ1n) is 8.91. The Morgan fingerprint density at radius 1 is 0.577 bits per heavy atom. The number of hydrogen-bond donors (Lipinski definition) is 0. The lowest BCUT2D eigenvalue weighted by molar-refractivity contribution is 0.904. The number of aromatic nitrogens is 2. The molecule has 0 atom stereocenters. The van der Waals surface area contributed by atoms with Gasteiger partial charge < -0.3 is 0 Å². The summed E-state index contributed by atoms with van der Waals surface area (Å²) in [6.45, 7) is 0. The first-order chi connectivity index (χ1) is 12.9. The number of benzene rings is 3. The largest absolute Gasteiger partial charge is 0.257 e. The lowest BCUT2D eigenvalue weighted by atomic mass is 10.0. The van der Waals surface area contributed by atoms with Gasteiger partial charge >= 0.3 is 0 Å². The van der Waals surface area contributed by atoms with Crippen LogP contribution in [0.5, 0.6) is 0 Å². The number of nitrogens with zero attached hydrogens (tertiary/aromatic N) is 2. The Balaban J connectivity index is 1.71. The van der Waals surface area contributed by atoms with E-state index >= 15 is 0 Å². The van der Waals surface area contributed by atoms with Crippen LogP contribution in [0.1, 0.15) is 11.3 Å². The third-order valence-corrected chi connectivity index (χ3v) is 4.46. The second-order valence-electron chi connectivity index (χ2n) is 6.27. The molecule has 126 valence electrons. The molecule has 0 spiro atoms. The van der Waals surface area contributed by atoms with Crippen LogP contribution < -0.4 is 0 Å². The third-order valence-electron chi connectivity index (χ3n) is 4.46. The number of rotatable bonds is 5. The predicted molar refractivity (Wildman–Crippen MR) is 107 cm³/mol. The lowest BCUT2D eigenvalue weighted by Crippen LogP contribution is -2.01. The first kappa shape index (κ1) is 16.2. The van der Waals surface area contributed by atoms with E-state index in [-0.39, 0.29) is 0 Å². The standard InChI is InChI=1S/C24H20N2/c1-4-10-19(11-5-1)16-17-22-24(21-14-8-3-9-15-21)26-23(18-25-22)20-12-6-2-7-13-20/h1-15,18H,16-17H2. The van der Waals surface area contributed by atoms with E-state index in [1.165, 1.54) is 5.56 Å². The van der Waals surface area contributed by atoms with E-state index in [1.54, 1.807) is 0 Å². The van der Waals surface area contributed by atoms with Crippen molar-refractivity contribution >= 4 is 0 Å². The molecule has 0 radical (unpaired) electrons. The van der Waals surface area contributed by atoms with Crippen LogP contribution in [0.4, 0.5) is 0 Å². The highest BCUT2D eigenvalue weighted by Crippen LogP contribution is 2.25. The highest BCUT2D eigenvalue weighted by molar-refractivity contribution is 5.66. The van der Waals surface area contributed by atoms with Gasteiger partial charge in [-0.15, -0.1) is 0 Å². The van der Waals surface area contributed by atoms with E-state index < -0.39 is 0 Å². The third kappa shape index (κ3) is 3.70. The molecular weight excluding hydrogens is 316 g/mol. The first-order valence-corrected chi connectivity index (χ1v) is 8.91. The van der Waals surface area contributed by atoms with Crippen molar-refractivity contribution in [3.63, 3.8) is 0 Å². The number of aryl methyl sites for hydroxylation is 2. The minimum Gasteiger partial charge on any atom is -0.257 e. The molecule has 0 saturated heterocycles. The molecule has 2 nitrogen and oxygen atoms in total. The topological polar surface area (TPSA) is 25.8 Å². The van der Waals surface area contributed by atoms with Crippen LogP contribution in [-0.2, 0) is 12.8 Å². The van der Waals surface area contributed by atoms with Gasteiger partial charge in [-0.2, -0.15) is 0 Å². The van der Waals surface area contributed by atoms with Crippen LogP contribution >= 0.6 is 0 Å². The van der Waals surface area contributed by atoms with Crippen molar-refractivity contribution in [3.8, 4) is 22.5 Å². The van der Waals surface area contributed by atoms with E-state index in [0.717, 1.165) is 41.1 Å². The Labute approximate surface area is 154 Å². The minimum absolute atomic E-state index is 0.871. The average molecular weight is 336 g/mol. The van der Waals surface area contributed by atoms with Crippen molar-refractivity contribution in [1.82, 2.24) is 9.97 Å². The summed E-state index contributed by atoms with van der Waals surface area (Å²) in [4.78, 5) is 9.75. The summed E-state index contributed by atoms with van der Waals surface area (Å²) in [7, 11) is 0. The zero-order chi connectivity index (χ0) is 17.6. The van der Waals surface area contributed by atoms with Gasteiger partial charge in [0.2, 0.25) is 0 Å². The molecule has 0 aliphatic rings. The molecule has 2 heteroatoms. The summed E-state index contributed by atoms with van der Waals surface area (Å²) in [5.74, 6) is 0. The Kier molecular flexibility index (Phi) is 4.83. The molecule has 3 aromatic carbocycles. The minimum atomic E-state index is 0.871. The Hall–Kier alpha value is -3.26. The van der Waals surface area contributed by atoms with E-state index in [0.29, 0.717) is 0 Å². The van der Waals surface area contributed by atoms with Gasteiger partial charge in [-0.25, -0.2) is 4.98 Å². The Morgan fingerprint density at radius 2 is 1.15 bits per heavy atom. The van der Waals surface area contributed by atoms with Crippen molar-refractivity contribution in [2.45, 2.75) is 12.8 Å². The molecule has 0 fully saturated rings. The quantitative estimate of drug-likeness (QED) is 0.474. The van der Waals surface area contributed by atoms with Crippen molar-refractivity contribution in [1.29, 1.82) is 0 Å². The molecule has 4 rings (SSSR count). The second kappa shape index (κ2) is 7.75. The normalized spacial score (nSPS) is 10.6. The summed E-state index contributed by atoms with van der Waals surface area (Å²) >= 11 is 0. The van der Waals surface area contributed by atoms with E-state index in [4.69, 9.17) is 9.97 Å². The van der Waals surface area contributed by atoms with Gasteiger partial charge in [-0.05, 0) is 18.4 Å². The highest BCUT2D eigenvalue weighted by atomic mass is 14.8. The van der Waals surface area contributed by atoms with Gasteiger partial charge in [-0.3, -0.25) is 4.98 Å². The van der Waals surface area contributed by atoms with Crippen molar-refractivity contribution in [3.05, 3.63) is 108 Å². The molecule has 0 amide bonds. The predicted octanol–water partition coefficient (Wildman–Crippen LogP) is 5.60. The fourth-order valence-corrected chi connectivity index (χ4v) is 3.08. The second-order valence-corrected chi connectivity index (χ2v) is 6.27. The molecule has 0 N–H and O–H groups in total. The summed E-state index contributed by atoms with van der Waals surface area (Å²) < 4.78 is 0. The van der Waals surface area contributed by atoms with Gasteiger partial charge in [0.15, 0.2) is 0 Å². The molecule has 0 unspecified atom stereocenters. The monoisotopic (exact) mass is 336 g/mol. The van der Waals surface area contributed by atoms with Crippen molar-refractivity contribution < 1.29 is 0 Å². The maximum atomic E-state index is 4.96. The lowest BCUT2D eigenvalue weighted by Gasteiger charge is -2.11. The van der Waals surface area contributed by atoms with Gasteiger partial charge in [-0.1, -0.05) is 91.0 Å². The van der Waals surface area contributed by atoms with Crippen LogP contribution in [0, 0.1) is 0 Å². The smallest absolute Gasteiger partial charge is 0.0924 e. The van der Waals surface area contributed by atoms with Gasteiger partial charge in [0, 0.05) is 11.1 Å².